The van der Waals surface area contributed by atoms with E-state index in [9.17, 15) is 0 Å². The van der Waals surface area contributed by atoms with Crippen molar-refractivity contribution in [3.8, 4) is 0 Å². The Morgan fingerprint density at radius 2 is 1.70 bits per heavy atom. The monoisotopic (exact) mass is 276 g/mol. The molecule has 0 fully saturated rings. The third-order valence-electron chi connectivity index (χ3n) is 3.39. The molecule has 20 heavy (non-hydrogen) atoms. The van der Waals surface area contributed by atoms with Gasteiger partial charge in [0.1, 0.15) is 0 Å². The van der Waals surface area contributed by atoms with E-state index >= 15 is 0 Å². The summed E-state index contributed by atoms with van der Waals surface area (Å²) >= 11 is 0. The second-order valence-corrected chi connectivity index (χ2v) is 5.83. The van der Waals surface area contributed by atoms with Crippen LogP contribution in [0.25, 0.3) is 0 Å². The Morgan fingerprint density at radius 1 is 1.05 bits per heavy atom. The van der Waals surface area contributed by atoms with E-state index in [0.717, 1.165) is 32.1 Å². The largest absolute Gasteiger partial charge is 0.392 e. The molecule has 0 saturated heterocycles. The van der Waals surface area contributed by atoms with Gasteiger partial charge in [0.05, 0.1) is 6.61 Å². The van der Waals surface area contributed by atoms with Crippen LogP contribution in [0.15, 0.2) is 47.6 Å². The van der Waals surface area contributed by atoms with Gasteiger partial charge in [-0.15, -0.1) is 6.58 Å². The second kappa shape index (κ2) is 11.7. The van der Waals surface area contributed by atoms with Gasteiger partial charge >= 0.3 is 0 Å². The molecule has 0 saturated carbocycles. The summed E-state index contributed by atoms with van der Waals surface area (Å²) in [5, 5.41) is 9.03. The fraction of sp³-hybridized carbons (Fsp3) is 0.579. The number of hydrogen-bond acceptors (Lipinski definition) is 1. The summed E-state index contributed by atoms with van der Waals surface area (Å²) in [5.74, 6) is 0.518. The summed E-state index contributed by atoms with van der Waals surface area (Å²) in [7, 11) is 0. The lowest BCUT2D eigenvalue weighted by molar-refractivity contribution is 0.340. The van der Waals surface area contributed by atoms with Crippen LogP contribution in [0.3, 0.4) is 0 Å². The van der Waals surface area contributed by atoms with Crippen molar-refractivity contribution in [2.24, 2.45) is 5.92 Å². The molecule has 0 rings (SSSR count). The van der Waals surface area contributed by atoms with Gasteiger partial charge in [-0.3, -0.25) is 0 Å². The zero-order valence-corrected chi connectivity index (χ0v) is 13.8. The first-order valence-electron chi connectivity index (χ1n) is 7.73. The Bertz CT molecular complexity index is 352. The van der Waals surface area contributed by atoms with E-state index in [2.05, 4.69) is 46.4 Å². The van der Waals surface area contributed by atoms with Crippen LogP contribution in [0.5, 0.6) is 0 Å². The van der Waals surface area contributed by atoms with Crippen molar-refractivity contribution in [3.63, 3.8) is 0 Å². The predicted octanol–water partition coefficient (Wildman–Crippen LogP) is 5.59. The van der Waals surface area contributed by atoms with Crippen molar-refractivity contribution in [3.05, 3.63) is 47.6 Å². The van der Waals surface area contributed by atoms with Crippen molar-refractivity contribution in [2.45, 2.75) is 59.8 Å². The summed E-state index contributed by atoms with van der Waals surface area (Å²) in [5.41, 5.74) is 4.21. The molecule has 0 radical (unpaired) electrons. The maximum Gasteiger partial charge on any atom is 0.0615 e. The van der Waals surface area contributed by atoms with Crippen LogP contribution in [0.4, 0.5) is 0 Å². The lowest BCUT2D eigenvalue weighted by Crippen LogP contribution is -1.96. The maximum atomic E-state index is 9.03. The zero-order chi connectivity index (χ0) is 15.4. The van der Waals surface area contributed by atoms with E-state index in [1.807, 2.05) is 12.2 Å². The summed E-state index contributed by atoms with van der Waals surface area (Å²) < 4.78 is 0. The normalized spacial score (nSPS) is 12.7. The molecule has 0 heterocycles. The fourth-order valence-corrected chi connectivity index (χ4v) is 2.21. The van der Waals surface area contributed by atoms with Gasteiger partial charge < -0.3 is 5.11 Å². The first kappa shape index (κ1) is 18.9. The molecule has 0 aliphatic heterocycles. The second-order valence-electron chi connectivity index (χ2n) is 5.83. The van der Waals surface area contributed by atoms with Gasteiger partial charge in [-0.2, -0.15) is 0 Å². The van der Waals surface area contributed by atoms with Crippen LogP contribution in [-0.2, 0) is 0 Å². The first-order chi connectivity index (χ1) is 9.51. The minimum atomic E-state index is 0.150. The van der Waals surface area contributed by atoms with Crippen LogP contribution >= 0.6 is 0 Å². The third kappa shape index (κ3) is 9.80. The molecule has 0 aromatic rings. The Labute approximate surface area is 125 Å². The highest BCUT2D eigenvalue weighted by atomic mass is 16.2. The van der Waals surface area contributed by atoms with Crippen molar-refractivity contribution >= 4 is 0 Å². The Hall–Kier alpha value is -1.08. The molecular formula is C19H32O. The fourth-order valence-electron chi connectivity index (χ4n) is 2.21. The van der Waals surface area contributed by atoms with E-state index in [1.165, 1.54) is 16.7 Å². The number of hydrogen-bond donors (Lipinski definition) is 1. The van der Waals surface area contributed by atoms with E-state index in [1.54, 1.807) is 0 Å². The molecular weight excluding hydrogens is 244 g/mol. The Morgan fingerprint density at radius 3 is 2.20 bits per heavy atom. The molecule has 0 unspecified atom stereocenters. The van der Waals surface area contributed by atoms with Crippen LogP contribution in [0, 0.1) is 5.92 Å². The van der Waals surface area contributed by atoms with Gasteiger partial charge in [0.2, 0.25) is 0 Å². The number of allylic oxidation sites excluding steroid dienone is 6. The highest BCUT2D eigenvalue weighted by molar-refractivity contribution is 5.11. The van der Waals surface area contributed by atoms with E-state index in [0.29, 0.717) is 5.92 Å². The molecule has 114 valence electrons. The molecule has 1 nitrogen and oxygen atoms in total. The van der Waals surface area contributed by atoms with Crippen molar-refractivity contribution in [1.82, 2.24) is 0 Å². The van der Waals surface area contributed by atoms with Gasteiger partial charge in [-0.1, -0.05) is 54.9 Å². The van der Waals surface area contributed by atoms with Crippen molar-refractivity contribution in [2.75, 3.05) is 6.61 Å². The van der Waals surface area contributed by atoms with E-state index in [-0.39, 0.29) is 6.61 Å². The lowest BCUT2D eigenvalue weighted by atomic mass is 9.96. The lowest BCUT2D eigenvalue weighted by Gasteiger charge is -2.10. The van der Waals surface area contributed by atoms with Crippen LogP contribution in [0.2, 0.25) is 0 Å². The number of aliphatic hydroxyl groups excluding tert-OH is 1. The van der Waals surface area contributed by atoms with Crippen LogP contribution in [0.1, 0.15) is 59.8 Å². The van der Waals surface area contributed by atoms with Crippen molar-refractivity contribution < 1.29 is 5.11 Å². The summed E-state index contributed by atoms with van der Waals surface area (Å²) in [4.78, 5) is 0. The summed E-state index contributed by atoms with van der Waals surface area (Å²) in [6, 6.07) is 0. The molecule has 0 aromatic heterocycles. The highest BCUT2D eigenvalue weighted by Crippen LogP contribution is 2.19. The topological polar surface area (TPSA) is 20.2 Å². The quantitative estimate of drug-likeness (QED) is 0.516. The Kier molecular flexibility index (Phi) is 11.1. The van der Waals surface area contributed by atoms with E-state index in [4.69, 9.17) is 5.11 Å². The molecule has 1 N–H and O–H groups in total. The molecule has 0 spiro atoms. The Balaban J connectivity index is 4.42. The summed E-state index contributed by atoms with van der Waals surface area (Å²) in [6.07, 6.45) is 13.9. The maximum absolute atomic E-state index is 9.03. The van der Waals surface area contributed by atoms with Gasteiger partial charge in [0.25, 0.3) is 0 Å². The van der Waals surface area contributed by atoms with Crippen molar-refractivity contribution in [1.29, 1.82) is 0 Å². The minimum absolute atomic E-state index is 0.150. The number of rotatable bonds is 10. The van der Waals surface area contributed by atoms with Crippen LogP contribution in [-0.4, -0.2) is 11.7 Å². The van der Waals surface area contributed by atoms with Gasteiger partial charge in [0, 0.05) is 0 Å². The SMILES string of the molecule is C=CC/C(=C\CC/C(=C/CO)C(C)C)CCC=C(C)C. The first-order valence-corrected chi connectivity index (χ1v) is 7.73. The molecule has 0 amide bonds. The predicted molar refractivity (Wildman–Crippen MR) is 90.8 cm³/mol. The smallest absolute Gasteiger partial charge is 0.0615 e. The van der Waals surface area contributed by atoms with E-state index < -0.39 is 0 Å². The third-order valence-corrected chi connectivity index (χ3v) is 3.39. The molecule has 0 aromatic carbocycles. The van der Waals surface area contributed by atoms with Crippen LogP contribution < -0.4 is 0 Å². The molecule has 0 atom stereocenters. The zero-order valence-electron chi connectivity index (χ0n) is 13.8. The molecule has 1 heteroatoms. The molecule has 0 bridgehead atoms. The minimum Gasteiger partial charge on any atom is -0.392 e. The molecule has 0 aliphatic carbocycles. The van der Waals surface area contributed by atoms with Gasteiger partial charge in [-0.25, -0.2) is 0 Å². The summed E-state index contributed by atoms with van der Waals surface area (Å²) in [6.45, 7) is 12.7. The van der Waals surface area contributed by atoms with Gasteiger partial charge in [0.15, 0.2) is 0 Å². The standard InChI is InChI=1S/C19H32O/c1-6-9-18(11-7-10-16(2)3)12-8-13-19(14-15-20)17(4)5/h6,10,12,14,17,20H,1,7-9,11,13,15H2,2-5H3/b18-12+,19-14-. The van der Waals surface area contributed by atoms with Gasteiger partial charge in [-0.05, 0) is 51.9 Å². The number of aliphatic hydroxyl groups is 1. The molecule has 0 aliphatic rings. The average Bonchev–Trinajstić information content (AvgIpc) is 2.37. The highest BCUT2D eigenvalue weighted by Gasteiger charge is 2.02. The average molecular weight is 276 g/mol.